The smallest absolute Gasteiger partial charge is 0.317 e. The van der Waals surface area contributed by atoms with E-state index in [0.717, 1.165) is 0 Å². The Bertz CT molecular complexity index is 583. The lowest BCUT2D eigenvalue weighted by Gasteiger charge is -2.33. The molecule has 0 atom stereocenters. The van der Waals surface area contributed by atoms with E-state index >= 15 is 0 Å². The molecule has 1 fully saturated rings. The molecule has 8 heteroatoms. The van der Waals surface area contributed by atoms with Gasteiger partial charge in [-0.2, -0.15) is 4.31 Å². The van der Waals surface area contributed by atoms with Crippen LogP contribution in [0.5, 0.6) is 0 Å². The standard InChI is InChI=1S/C14H21N3O4S/c1-21-12-7-15-14(18)16-8-10-17(11-9-16)22(19,20)13-5-3-2-4-6-13/h2-6H,7-12H2,1H3,(H,15,18). The molecule has 2 amide bonds. The summed E-state index contributed by atoms with van der Waals surface area (Å²) >= 11 is 0. The van der Waals surface area contributed by atoms with Crippen LogP contribution in [0.4, 0.5) is 4.79 Å². The van der Waals surface area contributed by atoms with Crippen LogP contribution in [-0.2, 0) is 14.8 Å². The van der Waals surface area contributed by atoms with Gasteiger partial charge in [0.25, 0.3) is 0 Å². The number of rotatable bonds is 5. The molecule has 1 aromatic rings. The minimum absolute atomic E-state index is 0.186. The first-order valence-electron chi connectivity index (χ1n) is 7.12. The van der Waals surface area contributed by atoms with E-state index in [2.05, 4.69) is 5.32 Å². The Morgan fingerprint density at radius 1 is 1.18 bits per heavy atom. The number of benzene rings is 1. The van der Waals surface area contributed by atoms with Gasteiger partial charge in [0, 0.05) is 39.8 Å². The number of methoxy groups -OCH3 is 1. The van der Waals surface area contributed by atoms with Gasteiger partial charge in [-0.1, -0.05) is 18.2 Å². The quantitative estimate of drug-likeness (QED) is 0.792. The van der Waals surface area contributed by atoms with Crippen LogP contribution in [0.2, 0.25) is 0 Å². The Balaban J connectivity index is 1.91. The summed E-state index contributed by atoms with van der Waals surface area (Å²) in [5.74, 6) is 0. The maximum atomic E-state index is 12.5. The largest absolute Gasteiger partial charge is 0.383 e. The van der Waals surface area contributed by atoms with Crippen molar-refractivity contribution >= 4 is 16.1 Å². The second-order valence-electron chi connectivity index (χ2n) is 4.93. The van der Waals surface area contributed by atoms with Crippen molar-refractivity contribution in [1.82, 2.24) is 14.5 Å². The molecule has 0 bridgehead atoms. The summed E-state index contributed by atoms with van der Waals surface area (Å²) in [6.07, 6.45) is 0. The number of amides is 2. The third-order valence-electron chi connectivity index (χ3n) is 3.49. The van der Waals surface area contributed by atoms with E-state index < -0.39 is 10.0 Å². The molecule has 122 valence electrons. The number of carbonyl (C=O) groups is 1. The SMILES string of the molecule is COCCNC(=O)N1CCN(S(=O)(=O)c2ccccc2)CC1. The summed E-state index contributed by atoms with van der Waals surface area (Å²) in [5, 5.41) is 2.73. The van der Waals surface area contributed by atoms with Gasteiger partial charge in [0.1, 0.15) is 0 Å². The zero-order valence-electron chi connectivity index (χ0n) is 12.6. The molecule has 7 nitrogen and oxygen atoms in total. The second-order valence-corrected chi connectivity index (χ2v) is 6.87. The van der Waals surface area contributed by atoms with Crippen molar-refractivity contribution in [3.63, 3.8) is 0 Å². The van der Waals surface area contributed by atoms with Crippen molar-refractivity contribution in [2.75, 3.05) is 46.4 Å². The average molecular weight is 327 g/mol. The molecular formula is C14H21N3O4S. The molecule has 0 spiro atoms. The second kappa shape index (κ2) is 7.57. The van der Waals surface area contributed by atoms with Crippen LogP contribution in [0, 0.1) is 0 Å². The highest BCUT2D eigenvalue weighted by Crippen LogP contribution is 2.17. The highest BCUT2D eigenvalue weighted by Gasteiger charge is 2.29. The summed E-state index contributed by atoms with van der Waals surface area (Å²) in [6, 6.07) is 8.16. The number of piperazine rings is 1. The van der Waals surface area contributed by atoms with Crippen LogP contribution < -0.4 is 5.32 Å². The Morgan fingerprint density at radius 2 is 1.82 bits per heavy atom. The van der Waals surface area contributed by atoms with Crippen molar-refractivity contribution < 1.29 is 17.9 Å². The number of hydrogen-bond donors (Lipinski definition) is 1. The van der Waals surface area contributed by atoms with Crippen molar-refractivity contribution in [2.24, 2.45) is 0 Å². The number of hydrogen-bond acceptors (Lipinski definition) is 4. The summed E-state index contributed by atoms with van der Waals surface area (Å²) in [5.41, 5.74) is 0. The van der Waals surface area contributed by atoms with Gasteiger partial charge in [-0.25, -0.2) is 13.2 Å². The van der Waals surface area contributed by atoms with Crippen LogP contribution in [0.15, 0.2) is 35.2 Å². The lowest BCUT2D eigenvalue weighted by molar-refractivity contribution is 0.163. The predicted molar refractivity (Wildman–Crippen MR) is 82.0 cm³/mol. The monoisotopic (exact) mass is 327 g/mol. The molecule has 22 heavy (non-hydrogen) atoms. The molecule has 0 saturated carbocycles. The molecule has 1 aliphatic rings. The lowest BCUT2D eigenvalue weighted by atomic mass is 10.4. The van der Waals surface area contributed by atoms with E-state index in [0.29, 0.717) is 39.3 Å². The van der Waals surface area contributed by atoms with Crippen molar-refractivity contribution in [2.45, 2.75) is 4.90 Å². The Morgan fingerprint density at radius 3 is 2.41 bits per heavy atom. The third kappa shape index (κ3) is 3.96. The lowest BCUT2D eigenvalue weighted by Crippen LogP contribution is -2.53. The third-order valence-corrected chi connectivity index (χ3v) is 5.40. The highest BCUT2D eigenvalue weighted by atomic mass is 32.2. The van der Waals surface area contributed by atoms with Crippen molar-refractivity contribution in [3.05, 3.63) is 30.3 Å². The van der Waals surface area contributed by atoms with Crippen molar-refractivity contribution in [1.29, 1.82) is 0 Å². The van der Waals surface area contributed by atoms with E-state index in [1.807, 2.05) is 0 Å². The summed E-state index contributed by atoms with van der Waals surface area (Å²) in [7, 11) is -1.91. The van der Waals surface area contributed by atoms with Crippen molar-refractivity contribution in [3.8, 4) is 0 Å². The highest BCUT2D eigenvalue weighted by molar-refractivity contribution is 7.89. The zero-order chi connectivity index (χ0) is 16.0. The molecule has 1 saturated heterocycles. The van der Waals surface area contributed by atoms with Gasteiger partial charge >= 0.3 is 6.03 Å². The van der Waals surface area contributed by atoms with Gasteiger partial charge < -0.3 is 15.0 Å². The van der Waals surface area contributed by atoms with E-state index in [1.165, 1.54) is 4.31 Å². The van der Waals surface area contributed by atoms with Crippen LogP contribution in [0.3, 0.4) is 0 Å². The fourth-order valence-electron chi connectivity index (χ4n) is 2.24. The maximum absolute atomic E-state index is 12.5. The van der Waals surface area contributed by atoms with Gasteiger partial charge in [-0.15, -0.1) is 0 Å². The first kappa shape index (κ1) is 16.7. The number of nitrogens with one attached hydrogen (secondary N) is 1. The predicted octanol–water partition coefficient (Wildman–Crippen LogP) is 0.349. The minimum Gasteiger partial charge on any atom is -0.383 e. The number of carbonyl (C=O) groups excluding carboxylic acids is 1. The topological polar surface area (TPSA) is 79.0 Å². The summed E-state index contributed by atoms with van der Waals surface area (Å²) < 4.78 is 31.2. The molecule has 2 rings (SSSR count). The van der Waals surface area contributed by atoms with E-state index in [1.54, 1.807) is 42.3 Å². The van der Waals surface area contributed by atoms with Gasteiger partial charge in [0.05, 0.1) is 11.5 Å². The normalized spacial score (nSPS) is 16.5. The first-order chi connectivity index (χ1) is 10.6. The molecule has 1 heterocycles. The van der Waals surface area contributed by atoms with Crippen LogP contribution >= 0.6 is 0 Å². The molecule has 1 aromatic carbocycles. The molecule has 1 aliphatic heterocycles. The van der Waals surface area contributed by atoms with Gasteiger partial charge in [0.2, 0.25) is 10.0 Å². The summed E-state index contributed by atoms with van der Waals surface area (Å²) in [4.78, 5) is 13.8. The zero-order valence-corrected chi connectivity index (χ0v) is 13.4. The fourth-order valence-corrected chi connectivity index (χ4v) is 3.69. The van der Waals surface area contributed by atoms with E-state index in [9.17, 15) is 13.2 Å². The molecule has 0 aliphatic carbocycles. The van der Waals surface area contributed by atoms with Gasteiger partial charge in [-0.3, -0.25) is 0 Å². The fraction of sp³-hybridized carbons (Fsp3) is 0.500. The minimum atomic E-state index is -3.48. The maximum Gasteiger partial charge on any atom is 0.317 e. The number of urea groups is 1. The van der Waals surface area contributed by atoms with Gasteiger partial charge in [0.15, 0.2) is 0 Å². The van der Waals surface area contributed by atoms with E-state index in [-0.39, 0.29) is 10.9 Å². The van der Waals surface area contributed by atoms with Crippen LogP contribution in [-0.4, -0.2) is 70.1 Å². The number of sulfonamides is 1. The number of ether oxygens (including phenoxy) is 1. The van der Waals surface area contributed by atoms with Gasteiger partial charge in [-0.05, 0) is 12.1 Å². The van der Waals surface area contributed by atoms with Crippen LogP contribution in [0.25, 0.3) is 0 Å². The molecule has 0 unspecified atom stereocenters. The average Bonchev–Trinajstić information content (AvgIpc) is 2.56. The Hall–Kier alpha value is -1.64. The van der Waals surface area contributed by atoms with Crippen LogP contribution in [0.1, 0.15) is 0 Å². The summed E-state index contributed by atoms with van der Waals surface area (Å²) in [6.45, 7) is 2.26. The number of nitrogens with zero attached hydrogens (tertiary/aromatic N) is 2. The first-order valence-corrected chi connectivity index (χ1v) is 8.56. The molecule has 0 radical (unpaired) electrons. The Labute approximate surface area is 130 Å². The van der Waals surface area contributed by atoms with E-state index in [4.69, 9.17) is 4.74 Å². The molecule has 0 aromatic heterocycles. The molecule has 1 N–H and O–H groups in total. The Kier molecular flexibility index (Phi) is 5.76. The molecular weight excluding hydrogens is 306 g/mol.